The highest BCUT2D eigenvalue weighted by molar-refractivity contribution is 6.08. The monoisotopic (exact) mass is 287 g/mol. The van der Waals surface area contributed by atoms with Crippen LogP contribution in [0.1, 0.15) is 26.3 Å². The molecule has 0 atom stereocenters. The van der Waals surface area contributed by atoms with Crippen molar-refractivity contribution in [3.05, 3.63) is 65.0 Å². The average Bonchev–Trinajstić information content (AvgIpc) is 2.49. The van der Waals surface area contributed by atoms with Gasteiger partial charge in [-0.05, 0) is 31.2 Å². The summed E-state index contributed by atoms with van der Waals surface area (Å²) in [6, 6.07) is 10.6. The lowest BCUT2D eigenvalue weighted by atomic mass is 10.1. The summed E-state index contributed by atoms with van der Waals surface area (Å²) < 4.78 is 18.3. The number of benzene rings is 2. The largest absolute Gasteiger partial charge is 0.465 e. The van der Waals surface area contributed by atoms with E-state index in [1.807, 2.05) is 0 Å². The van der Waals surface area contributed by atoms with E-state index in [0.717, 1.165) is 5.56 Å². The van der Waals surface area contributed by atoms with E-state index in [1.54, 1.807) is 31.2 Å². The van der Waals surface area contributed by atoms with Crippen LogP contribution in [0.25, 0.3) is 0 Å². The van der Waals surface area contributed by atoms with Crippen LogP contribution < -0.4 is 5.32 Å². The minimum Gasteiger partial charge on any atom is -0.465 e. The number of hydrogen-bond donors (Lipinski definition) is 1. The fourth-order valence-electron chi connectivity index (χ4n) is 1.88. The Bertz CT molecular complexity index is 698. The molecule has 108 valence electrons. The third kappa shape index (κ3) is 3.25. The zero-order chi connectivity index (χ0) is 15.4. The molecule has 0 spiro atoms. The van der Waals surface area contributed by atoms with Crippen molar-refractivity contribution in [2.45, 2.75) is 6.92 Å². The van der Waals surface area contributed by atoms with Gasteiger partial charge >= 0.3 is 5.97 Å². The number of esters is 1. The molecular formula is C16H14FNO3. The number of rotatable bonds is 3. The highest BCUT2D eigenvalue weighted by Gasteiger charge is 2.16. The molecule has 1 amide bonds. The van der Waals surface area contributed by atoms with Gasteiger partial charge in [-0.25, -0.2) is 9.18 Å². The quantitative estimate of drug-likeness (QED) is 0.882. The number of ether oxygens (including phenoxy) is 1. The molecule has 0 radical (unpaired) electrons. The summed E-state index contributed by atoms with van der Waals surface area (Å²) in [7, 11) is 1.25. The second kappa shape index (κ2) is 6.17. The van der Waals surface area contributed by atoms with Gasteiger partial charge in [0.1, 0.15) is 5.82 Å². The number of anilines is 1. The molecule has 1 N–H and O–H groups in total. The normalized spacial score (nSPS) is 10.0. The van der Waals surface area contributed by atoms with E-state index in [0.29, 0.717) is 0 Å². The maximum absolute atomic E-state index is 13.7. The van der Waals surface area contributed by atoms with Crippen LogP contribution in [0, 0.1) is 12.7 Å². The Hall–Kier alpha value is -2.69. The number of amides is 1. The number of nitrogens with one attached hydrogen (secondary N) is 1. The molecule has 0 bridgehead atoms. The van der Waals surface area contributed by atoms with E-state index in [9.17, 15) is 14.0 Å². The molecule has 0 aliphatic rings. The molecule has 0 aliphatic heterocycles. The van der Waals surface area contributed by atoms with Crippen LogP contribution in [0.2, 0.25) is 0 Å². The van der Waals surface area contributed by atoms with Gasteiger partial charge in [0.15, 0.2) is 0 Å². The zero-order valence-electron chi connectivity index (χ0n) is 11.6. The van der Waals surface area contributed by atoms with Gasteiger partial charge in [-0.1, -0.05) is 23.8 Å². The number of carbonyl (C=O) groups is 2. The van der Waals surface area contributed by atoms with E-state index in [4.69, 9.17) is 0 Å². The highest BCUT2D eigenvalue weighted by Crippen LogP contribution is 2.18. The third-order valence-corrected chi connectivity index (χ3v) is 2.95. The summed E-state index contributed by atoms with van der Waals surface area (Å²) >= 11 is 0. The lowest BCUT2D eigenvalue weighted by molar-refractivity contribution is 0.0602. The van der Waals surface area contributed by atoms with E-state index in [1.165, 1.54) is 25.3 Å². The Morgan fingerprint density at radius 2 is 1.81 bits per heavy atom. The van der Waals surface area contributed by atoms with Gasteiger partial charge in [-0.15, -0.1) is 0 Å². The molecule has 0 saturated carbocycles. The summed E-state index contributed by atoms with van der Waals surface area (Å²) in [6.07, 6.45) is 0. The summed E-state index contributed by atoms with van der Waals surface area (Å²) in [4.78, 5) is 23.8. The lowest BCUT2D eigenvalue weighted by Gasteiger charge is -2.10. The maximum Gasteiger partial charge on any atom is 0.339 e. The molecule has 2 aromatic rings. The second-order valence-corrected chi connectivity index (χ2v) is 4.47. The standard InChI is InChI=1S/C16H14FNO3/c1-10-7-8-13(17)12(9-10)15(19)18-14-6-4-3-5-11(14)16(20)21-2/h3-9H,1-2H3,(H,18,19). The van der Waals surface area contributed by atoms with Crippen molar-refractivity contribution in [3.8, 4) is 0 Å². The predicted octanol–water partition coefficient (Wildman–Crippen LogP) is 3.17. The number of hydrogen-bond acceptors (Lipinski definition) is 3. The summed E-state index contributed by atoms with van der Waals surface area (Å²) in [5.41, 5.74) is 1.18. The third-order valence-electron chi connectivity index (χ3n) is 2.95. The van der Waals surface area contributed by atoms with E-state index >= 15 is 0 Å². The molecule has 5 heteroatoms. The van der Waals surface area contributed by atoms with Crippen molar-refractivity contribution in [2.75, 3.05) is 12.4 Å². The fraction of sp³-hybridized carbons (Fsp3) is 0.125. The number of methoxy groups -OCH3 is 1. The minimum absolute atomic E-state index is 0.0744. The number of halogens is 1. The van der Waals surface area contributed by atoms with Crippen molar-refractivity contribution in [2.24, 2.45) is 0 Å². The highest BCUT2D eigenvalue weighted by atomic mass is 19.1. The molecule has 0 aliphatic carbocycles. The number of para-hydroxylation sites is 1. The first-order chi connectivity index (χ1) is 10.0. The van der Waals surface area contributed by atoms with Crippen LogP contribution in [-0.2, 0) is 4.74 Å². The van der Waals surface area contributed by atoms with Gasteiger partial charge < -0.3 is 10.1 Å². The summed E-state index contributed by atoms with van der Waals surface area (Å²) in [5.74, 6) is -1.81. The van der Waals surface area contributed by atoms with Crippen molar-refractivity contribution < 1.29 is 18.7 Å². The number of carbonyl (C=O) groups excluding carboxylic acids is 2. The Morgan fingerprint density at radius 3 is 2.52 bits per heavy atom. The Balaban J connectivity index is 2.32. The molecule has 0 heterocycles. The van der Waals surface area contributed by atoms with Gasteiger partial charge in [0.2, 0.25) is 0 Å². The minimum atomic E-state index is -0.618. The summed E-state index contributed by atoms with van der Waals surface area (Å²) in [5, 5.41) is 2.53. The molecule has 21 heavy (non-hydrogen) atoms. The van der Waals surface area contributed by atoms with Crippen LogP contribution in [0.3, 0.4) is 0 Å². The first-order valence-electron chi connectivity index (χ1n) is 6.27. The number of aryl methyl sites for hydroxylation is 1. The van der Waals surface area contributed by atoms with E-state index in [2.05, 4.69) is 10.1 Å². The molecule has 0 unspecified atom stereocenters. The van der Waals surface area contributed by atoms with Crippen LogP contribution in [-0.4, -0.2) is 19.0 Å². The molecule has 0 fully saturated rings. The van der Waals surface area contributed by atoms with Gasteiger partial charge in [-0.3, -0.25) is 4.79 Å². The molecule has 2 aromatic carbocycles. The van der Waals surface area contributed by atoms with Crippen LogP contribution in [0.5, 0.6) is 0 Å². The fourth-order valence-corrected chi connectivity index (χ4v) is 1.88. The topological polar surface area (TPSA) is 55.4 Å². The molecule has 4 nitrogen and oxygen atoms in total. The van der Waals surface area contributed by atoms with Crippen LogP contribution in [0.15, 0.2) is 42.5 Å². The Morgan fingerprint density at radius 1 is 1.10 bits per heavy atom. The van der Waals surface area contributed by atoms with Gasteiger partial charge in [0.05, 0.1) is 23.9 Å². The van der Waals surface area contributed by atoms with Crippen molar-refractivity contribution >= 4 is 17.6 Å². The smallest absolute Gasteiger partial charge is 0.339 e. The Labute approximate surface area is 121 Å². The van der Waals surface area contributed by atoms with Crippen molar-refractivity contribution in [3.63, 3.8) is 0 Å². The van der Waals surface area contributed by atoms with Gasteiger partial charge in [0.25, 0.3) is 5.91 Å². The Kier molecular flexibility index (Phi) is 4.33. The average molecular weight is 287 g/mol. The first-order valence-corrected chi connectivity index (χ1v) is 6.27. The molecule has 2 rings (SSSR count). The van der Waals surface area contributed by atoms with Gasteiger partial charge in [-0.2, -0.15) is 0 Å². The summed E-state index contributed by atoms with van der Waals surface area (Å²) in [6.45, 7) is 1.76. The van der Waals surface area contributed by atoms with E-state index in [-0.39, 0.29) is 16.8 Å². The first kappa shape index (κ1) is 14.7. The molecule has 0 saturated heterocycles. The van der Waals surface area contributed by atoms with Crippen molar-refractivity contribution in [1.29, 1.82) is 0 Å². The van der Waals surface area contributed by atoms with Crippen LogP contribution in [0.4, 0.5) is 10.1 Å². The van der Waals surface area contributed by atoms with E-state index < -0.39 is 17.7 Å². The lowest BCUT2D eigenvalue weighted by Crippen LogP contribution is -2.16. The maximum atomic E-state index is 13.7. The predicted molar refractivity (Wildman–Crippen MR) is 76.9 cm³/mol. The zero-order valence-corrected chi connectivity index (χ0v) is 11.6. The van der Waals surface area contributed by atoms with Crippen LogP contribution >= 0.6 is 0 Å². The van der Waals surface area contributed by atoms with Crippen molar-refractivity contribution in [1.82, 2.24) is 0 Å². The SMILES string of the molecule is COC(=O)c1ccccc1NC(=O)c1cc(C)ccc1F. The second-order valence-electron chi connectivity index (χ2n) is 4.47. The van der Waals surface area contributed by atoms with Gasteiger partial charge in [0, 0.05) is 0 Å². The molecule has 0 aromatic heterocycles. The molecular weight excluding hydrogens is 273 g/mol.